The van der Waals surface area contributed by atoms with E-state index in [0.717, 1.165) is 5.56 Å². The molecule has 0 amide bonds. The first-order valence-corrected chi connectivity index (χ1v) is 6.23. The van der Waals surface area contributed by atoms with E-state index in [9.17, 15) is 15.4 Å². The number of nitriles is 1. The molecule has 0 bridgehead atoms. The van der Waals surface area contributed by atoms with Crippen molar-refractivity contribution >= 4 is 5.69 Å². The lowest BCUT2D eigenvalue weighted by Crippen LogP contribution is -1.99. The zero-order chi connectivity index (χ0) is 15.6. The van der Waals surface area contributed by atoms with Crippen LogP contribution in [-0.4, -0.2) is 9.91 Å². The summed E-state index contributed by atoms with van der Waals surface area (Å²) in [5.41, 5.74) is 2.11. The number of nitrogens with zero attached hydrogens (tertiary/aromatic N) is 3. The van der Waals surface area contributed by atoms with Gasteiger partial charge in [-0.05, 0) is 32.4 Å². The first kappa shape index (κ1) is 14.5. The van der Waals surface area contributed by atoms with Gasteiger partial charge in [-0.1, -0.05) is 6.07 Å². The van der Waals surface area contributed by atoms with Crippen molar-refractivity contribution < 1.29 is 9.66 Å². The summed E-state index contributed by atoms with van der Waals surface area (Å²) < 4.78 is 5.61. The summed E-state index contributed by atoms with van der Waals surface area (Å²) in [5.74, 6) is 0.376. The van der Waals surface area contributed by atoms with E-state index >= 15 is 0 Å². The van der Waals surface area contributed by atoms with Gasteiger partial charge in [0.2, 0.25) is 5.75 Å². The number of nitro groups is 1. The average molecular weight is 283 g/mol. The predicted molar refractivity (Wildman–Crippen MR) is 76.3 cm³/mol. The number of nitro benzene ring substituents is 1. The molecular weight excluding hydrogens is 270 g/mol. The normalized spacial score (nSPS) is 10.0. The fraction of sp³-hybridized carbons (Fsp3) is 0.200. The number of pyridine rings is 1. The molecule has 1 heterocycles. The molecule has 0 fully saturated rings. The summed E-state index contributed by atoms with van der Waals surface area (Å²) in [4.78, 5) is 14.8. The van der Waals surface area contributed by atoms with Crippen LogP contribution in [0.15, 0.2) is 24.3 Å². The molecule has 1 aromatic carbocycles. The largest absolute Gasteiger partial charge is 0.449 e. The van der Waals surface area contributed by atoms with Gasteiger partial charge in [-0.25, -0.2) is 0 Å². The number of hydrogen-bond donors (Lipinski definition) is 0. The maximum absolute atomic E-state index is 11.1. The summed E-state index contributed by atoms with van der Waals surface area (Å²) in [7, 11) is 0. The number of aryl methyl sites for hydroxylation is 3. The van der Waals surface area contributed by atoms with Crippen LogP contribution in [0.4, 0.5) is 5.69 Å². The summed E-state index contributed by atoms with van der Waals surface area (Å²) in [6.07, 6.45) is 0. The Morgan fingerprint density at radius 3 is 2.57 bits per heavy atom. The van der Waals surface area contributed by atoms with E-state index in [4.69, 9.17) is 4.74 Å². The van der Waals surface area contributed by atoms with Crippen molar-refractivity contribution in [2.45, 2.75) is 20.8 Å². The first-order chi connectivity index (χ1) is 9.92. The Morgan fingerprint density at radius 2 is 1.95 bits per heavy atom. The van der Waals surface area contributed by atoms with Crippen LogP contribution in [0.25, 0.3) is 0 Å². The van der Waals surface area contributed by atoms with Gasteiger partial charge in [0.05, 0.1) is 10.6 Å². The van der Waals surface area contributed by atoms with E-state index in [1.807, 2.05) is 6.07 Å². The SMILES string of the molecule is Cc1ccc(Oc2cc(C)nc(C)c2C#N)c([N+](=O)[O-])c1. The van der Waals surface area contributed by atoms with Gasteiger partial charge >= 0.3 is 5.69 Å². The van der Waals surface area contributed by atoms with E-state index in [1.165, 1.54) is 12.1 Å². The molecule has 0 N–H and O–H groups in total. The quantitative estimate of drug-likeness (QED) is 0.634. The second-order valence-corrected chi connectivity index (χ2v) is 4.66. The molecule has 0 spiro atoms. The van der Waals surface area contributed by atoms with Gasteiger partial charge in [0, 0.05) is 17.8 Å². The molecule has 1 aromatic heterocycles. The molecule has 6 nitrogen and oxygen atoms in total. The molecular formula is C15H13N3O3. The molecule has 0 atom stereocenters. The van der Waals surface area contributed by atoms with Crippen molar-refractivity contribution in [2.24, 2.45) is 0 Å². The highest BCUT2D eigenvalue weighted by molar-refractivity contribution is 5.54. The van der Waals surface area contributed by atoms with E-state index < -0.39 is 4.92 Å². The summed E-state index contributed by atoms with van der Waals surface area (Å²) >= 11 is 0. The van der Waals surface area contributed by atoms with Crippen LogP contribution in [-0.2, 0) is 0 Å². The molecule has 6 heteroatoms. The molecule has 2 aromatic rings. The van der Waals surface area contributed by atoms with Crippen LogP contribution in [0.2, 0.25) is 0 Å². The third-order valence-corrected chi connectivity index (χ3v) is 2.94. The van der Waals surface area contributed by atoms with Gasteiger partial charge < -0.3 is 4.74 Å². The van der Waals surface area contributed by atoms with Gasteiger partial charge in [-0.3, -0.25) is 15.1 Å². The van der Waals surface area contributed by atoms with E-state index in [2.05, 4.69) is 4.98 Å². The van der Waals surface area contributed by atoms with Crippen molar-refractivity contribution in [3.63, 3.8) is 0 Å². The Kier molecular flexibility index (Phi) is 3.85. The first-order valence-electron chi connectivity index (χ1n) is 6.23. The van der Waals surface area contributed by atoms with Crippen LogP contribution in [0, 0.1) is 42.2 Å². The second kappa shape index (κ2) is 5.59. The molecule has 0 aliphatic carbocycles. The minimum absolute atomic E-state index is 0.104. The molecule has 0 saturated heterocycles. The monoisotopic (exact) mass is 283 g/mol. The molecule has 21 heavy (non-hydrogen) atoms. The van der Waals surface area contributed by atoms with Crippen LogP contribution >= 0.6 is 0 Å². The number of rotatable bonds is 3. The molecule has 106 valence electrons. The molecule has 0 aliphatic heterocycles. The summed E-state index contributed by atoms with van der Waals surface area (Å²) in [6, 6.07) is 8.28. The fourth-order valence-electron chi connectivity index (χ4n) is 1.98. The third-order valence-electron chi connectivity index (χ3n) is 2.94. The third kappa shape index (κ3) is 2.98. The maximum Gasteiger partial charge on any atom is 0.311 e. The molecule has 0 saturated carbocycles. The number of aromatic nitrogens is 1. The van der Waals surface area contributed by atoms with Crippen LogP contribution in [0.5, 0.6) is 11.5 Å². The number of benzene rings is 1. The highest BCUT2D eigenvalue weighted by Gasteiger charge is 2.18. The van der Waals surface area contributed by atoms with Crippen molar-refractivity contribution in [2.75, 3.05) is 0 Å². The number of ether oxygens (including phenoxy) is 1. The maximum atomic E-state index is 11.1. The minimum atomic E-state index is -0.505. The Balaban J connectivity index is 2.53. The Hall–Kier alpha value is -2.94. The fourth-order valence-corrected chi connectivity index (χ4v) is 1.98. The standard InChI is InChI=1S/C15H13N3O3/c1-9-4-5-14(13(6-9)18(19)20)21-15-7-10(2)17-11(3)12(15)8-16/h4-7H,1-3H3. The molecule has 0 unspecified atom stereocenters. The van der Waals surface area contributed by atoms with Crippen molar-refractivity contribution in [3.05, 3.63) is 56.9 Å². The zero-order valence-electron chi connectivity index (χ0n) is 11.9. The van der Waals surface area contributed by atoms with Gasteiger partial charge in [0.1, 0.15) is 17.4 Å². The highest BCUT2D eigenvalue weighted by Crippen LogP contribution is 2.34. The lowest BCUT2D eigenvalue weighted by molar-refractivity contribution is -0.385. The van der Waals surface area contributed by atoms with Crippen molar-refractivity contribution in [1.29, 1.82) is 5.26 Å². The Morgan fingerprint density at radius 1 is 1.24 bits per heavy atom. The molecule has 0 radical (unpaired) electrons. The molecule has 2 rings (SSSR count). The highest BCUT2D eigenvalue weighted by atomic mass is 16.6. The van der Waals surface area contributed by atoms with E-state index in [0.29, 0.717) is 11.4 Å². The second-order valence-electron chi connectivity index (χ2n) is 4.66. The van der Waals surface area contributed by atoms with E-state index in [-0.39, 0.29) is 22.7 Å². The van der Waals surface area contributed by atoms with E-state index in [1.54, 1.807) is 32.9 Å². The van der Waals surface area contributed by atoms with Gasteiger partial charge in [0.15, 0.2) is 0 Å². The summed E-state index contributed by atoms with van der Waals surface area (Å²) in [6.45, 7) is 5.23. The van der Waals surface area contributed by atoms with Crippen molar-refractivity contribution in [1.82, 2.24) is 4.98 Å². The minimum Gasteiger partial charge on any atom is -0.449 e. The van der Waals surface area contributed by atoms with Crippen LogP contribution < -0.4 is 4.74 Å². The molecule has 0 aliphatic rings. The topological polar surface area (TPSA) is 89.0 Å². The van der Waals surface area contributed by atoms with Crippen LogP contribution in [0.3, 0.4) is 0 Å². The number of hydrogen-bond acceptors (Lipinski definition) is 5. The summed E-state index contributed by atoms with van der Waals surface area (Å²) in [5, 5.41) is 20.3. The predicted octanol–water partition coefficient (Wildman–Crippen LogP) is 3.58. The zero-order valence-corrected chi connectivity index (χ0v) is 11.9. The van der Waals surface area contributed by atoms with Crippen molar-refractivity contribution in [3.8, 4) is 17.6 Å². The average Bonchev–Trinajstić information content (AvgIpc) is 2.40. The lowest BCUT2D eigenvalue weighted by atomic mass is 10.1. The van der Waals surface area contributed by atoms with Crippen LogP contribution in [0.1, 0.15) is 22.5 Å². The Labute approximate surface area is 121 Å². The van der Waals surface area contributed by atoms with Gasteiger partial charge in [-0.2, -0.15) is 5.26 Å². The van der Waals surface area contributed by atoms with Gasteiger partial charge in [0.25, 0.3) is 0 Å². The van der Waals surface area contributed by atoms with Gasteiger partial charge in [-0.15, -0.1) is 0 Å². The smallest absolute Gasteiger partial charge is 0.311 e. The lowest BCUT2D eigenvalue weighted by Gasteiger charge is -2.10. The Bertz CT molecular complexity index is 763.